The van der Waals surface area contributed by atoms with E-state index < -0.39 is 0 Å². The van der Waals surface area contributed by atoms with Crippen LogP contribution in [0.1, 0.15) is 35.3 Å². The molecule has 114 valence electrons. The molecule has 2 aromatic rings. The van der Waals surface area contributed by atoms with Crippen LogP contribution in [-0.2, 0) is 6.42 Å². The van der Waals surface area contributed by atoms with Gasteiger partial charge in [-0.2, -0.15) is 0 Å². The molecule has 1 fully saturated rings. The maximum Gasteiger partial charge on any atom is 0.119 e. The minimum atomic E-state index is 0.503. The van der Waals surface area contributed by atoms with Gasteiger partial charge in [-0.1, -0.05) is 0 Å². The van der Waals surface area contributed by atoms with Crippen LogP contribution in [-0.4, -0.2) is 31.1 Å². The van der Waals surface area contributed by atoms with Crippen LogP contribution in [0.3, 0.4) is 0 Å². The lowest BCUT2D eigenvalue weighted by Gasteiger charge is -2.44. The Hall–Kier alpha value is -1.94. The summed E-state index contributed by atoms with van der Waals surface area (Å²) in [6.07, 6.45) is 4.05. The first-order valence-electron chi connectivity index (χ1n) is 8.08. The van der Waals surface area contributed by atoms with Crippen molar-refractivity contribution in [3.8, 4) is 5.75 Å². The van der Waals surface area contributed by atoms with E-state index in [2.05, 4.69) is 28.4 Å². The highest BCUT2D eigenvalue weighted by Gasteiger charge is 2.43. The van der Waals surface area contributed by atoms with Gasteiger partial charge in [0.15, 0.2) is 0 Å². The van der Waals surface area contributed by atoms with Crippen molar-refractivity contribution in [2.24, 2.45) is 0 Å². The molecular formula is C18H20N2O2. The molecule has 3 aliphatic rings. The first kappa shape index (κ1) is 12.6. The van der Waals surface area contributed by atoms with Crippen LogP contribution in [0.4, 0.5) is 5.69 Å². The van der Waals surface area contributed by atoms with Crippen LogP contribution in [0, 0.1) is 0 Å². The highest BCUT2D eigenvalue weighted by atomic mass is 16.5. The van der Waals surface area contributed by atoms with Crippen LogP contribution < -0.4 is 10.1 Å². The van der Waals surface area contributed by atoms with Crippen molar-refractivity contribution in [1.82, 2.24) is 4.90 Å². The lowest BCUT2D eigenvalue weighted by molar-refractivity contribution is 0.114. The number of benzene rings is 1. The standard InChI is InChI=1S/C18H20N2O2/c1-21-11-2-3-15-13(8-11)14-9-17-12-5-7-22-18(12)4-6-20(17)10-16(14)19-15/h2-3,5,7-8,14,16-17,19H,4,6,9-10H2,1H3/t14?,16?,17-/m0/s1. The Labute approximate surface area is 130 Å². The topological polar surface area (TPSA) is 37.6 Å². The minimum Gasteiger partial charge on any atom is -0.497 e. The average molecular weight is 296 g/mol. The fourth-order valence-electron chi connectivity index (χ4n) is 4.52. The number of fused-ring (bicyclic) bond motifs is 6. The highest BCUT2D eigenvalue weighted by Crippen LogP contribution is 2.49. The zero-order chi connectivity index (χ0) is 14.7. The van der Waals surface area contributed by atoms with Gasteiger partial charge in [0, 0.05) is 48.8 Å². The molecule has 0 radical (unpaired) electrons. The number of furan rings is 1. The number of piperidine rings is 1. The zero-order valence-corrected chi connectivity index (χ0v) is 12.7. The van der Waals surface area contributed by atoms with Crippen LogP contribution in [0.25, 0.3) is 0 Å². The average Bonchev–Trinajstić information content (AvgIpc) is 3.16. The van der Waals surface area contributed by atoms with Gasteiger partial charge >= 0.3 is 0 Å². The van der Waals surface area contributed by atoms with Crippen LogP contribution in [0.15, 0.2) is 34.9 Å². The lowest BCUT2D eigenvalue weighted by atomic mass is 9.80. The summed E-state index contributed by atoms with van der Waals surface area (Å²) in [6, 6.07) is 9.61. The number of hydrogen-bond donors (Lipinski definition) is 1. The Morgan fingerprint density at radius 2 is 2.23 bits per heavy atom. The predicted octanol–water partition coefficient (Wildman–Crippen LogP) is 3.17. The molecule has 22 heavy (non-hydrogen) atoms. The van der Waals surface area contributed by atoms with Crippen molar-refractivity contribution in [1.29, 1.82) is 0 Å². The number of methoxy groups -OCH3 is 1. The molecule has 1 aromatic carbocycles. The van der Waals surface area contributed by atoms with Gasteiger partial charge in [-0.25, -0.2) is 0 Å². The Morgan fingerprint density at radius 3 is 3.14 bits per heavy atom. The number of rotatable bonds is 1. The molecule has 0 saturated carbocycles. The number of nitrogens with one attached hydrogen (secondary N) is 1. The van der Waals surface area contributed by atoms with E-state index >= 15 is 0 Å². The van der Waals surface area contributed by atoms with Gasteiger partial charge in [0.05, 0.1) is 13.4 Å². The summed E-state index contributed by atoms with van der Waals surface area (Å²) in [5.74, 6) is 2.71. The molecule has 1 N–H and O–H groups in total. The first-order valence-corrected chi connectivity index (χ1v) is 8.08. The zero-order valence-electron chi connectivity index (χ0n) is 12.7. The van der Waals surface area contributed by atoms with Gasteiger partial charge in [-0.3, -0.25) is 4.90 Å². The maximum absolute atomic E-state index is 5.66. The van der Waals surface area contributed by atoms with E-state index in [4.69, 9.17) is 9.15 Å². The summed E-state index contributed by atoms with van der Waals surface area (Å²) in [6.45, 7) is 2.21. The van der Waals surface area contributed by atoms with Gasteiger partial charge in [-0.05, 0) is 36.2 Å². The van der Waals surface area contributed by atoms with E-state index in [0.29, 0.717) is 18.0 Å². The van der Waals surface area contributed by atoms with E-state index in [1.165, 1.54) is 22.6 Å². The van der Waals surface area contributed by atoms with Gasteiger partial charge in [0.25, 0.3) is 0 Å². The molecule has 1 aromatic heterocycles. The minimum absolute atomic E-state index is 0.503. The molecule has 0 bridgehead atoms. The SMILES string of the molecule is COc1ccc2c(c1)C1C[C@H]3c4ccoc4CCN3CC1N2. The third-order valence-electron chi connectivity index (χ3n) is 5.60. The van der Waals surface area contributed by atoms with Crippen LogP contribution in [0.2, 0.25) is 0 Å². The summed E-state index contributed by atoms with van der Waals surface area (Å²) in [5.41, 5.74) is 4.10. The van der Waals surface area contributed by atoms with Crippen molar-refractivity contribution in [3.05, 3.63) is 47.4 Å². The number of nitrogens with zero attached hydrogens (tertiary/aromatic N) is 1. The van der Waals surface area contributed by atoms with Gasteiger partial charge < -0.3 is 14.5 Å². The number of anilines is 1. The molecule has 2 unspecified atom stereocenters. The molecule has 3 atom stereocenters. The van der Waals surface area contributed by atoms with E-state index in [-0.39, 0.29) is 0 Å². The largest absolute Gasteiger partial charge is 0.497 e. The van der Waals surface area contributed by atoms with E-state index in [9.17, 15) is 0 Å². The Balaban J connectivity index is 1.52. The third-order valence-corrected chi connectivity index (χ3v) is 5.60. The van der Waals surface area contributed by atoms with Crippen molar-refractivity contribution >= 4 is 5.69 Å². The molecule has 4 heteroatoms. The second-order valence-electron chi connectivity index (χ2n) is 6.61. The van der Waals surface area contributed by atoms with Crippen molar-refractivity contribution in [3.63, 3.8) is 0 Å². The smallest absolute Gasteiger partial charge is 0.119 e. The maximum atomic E-state index is 5.66. The number of hydrogen-bond acceptors (Lipinski definition) is 4. The molecular weight excluding hydrogens is 276 g/mol. The number of ether oxygens (including phenoxy) is 1. The van der Waals surface area contributed by atoms with E-state index in [0.717, 1.165) is 31.7 Å². The Morgan fingerprint density at radius 1 is 1.27 bits per heavy atom. The van der Waals surface area contributed by atoms with Crippen molar-refractivity contribution < 1.29 is 9.15 Å². The quantitative estimate of drug-likeness (QED) is 0.877. The molecule has 0 amide bonds. The first-order chi connectivity index (χ1) is 10.8. The van der Waals surface area contributed by atoms with Crippen LogP contribution >= 0.6 is 0 Å². The molecule has 0 spiro atoms. The molecule has 5 rings (SSSR count). The normalized spacial score (nSPS) is 29.0. The molecule has 1 saturated heterocycles. The van der Waals surface area contributed by atoms with E-state index in [1.807, 2.05) is 12.3 Å². The van der Waals surface area contributed by atoms with Gasteiger partial charge in [-0.15, -0.1) is 0 Å². The summed E-state index contributed by atoms with van der Waals surface area (Å²) in [4.78, 5) is 2.62. The predicted molar refractivity (Wildman–Crippen MR) is 84.5 cm³/mol. The van der Waals surface area contributed by atoms with Gasteiger partial charge in [0.2, 0.25) is 0 Å². The van der Waals surface area contributed by atoms with Crippen molar-refractivity contribution in [2.75, 3.05) is 25.5 Å². The summed E-state index contributed by atoms with van der Waals surface area (Å²) < 4.78 is 11.1. The summed E-state index contributed by atoms with van der Waals surface area (Å²) in [5, 5.41) is 3.72. The molecule has 0 aliphatic carbocycles. The fourth-order valence-corrected chi connectivity index (χ4v) is 4.52. The monoisotopic (exact) mass is 296 g/mol. The molecule has 4 heterocycles. The second kappa shape index (κ2) is 4.53. The lowest BCUT2D eigenvalue weighted by Crippen LogP contribution is -2.48. The fraction of sp³-hybridized carbons (Fsp3) is 0.444. The molecule has 3 aliphatic heterocycles. The third kappa shape index (κ3) is 1.67. The Kier molecular flexibility index (Phi) is 2.59. The second-order valence-corrected chi connectivity index (χ2v) is 6.61. The summed E-state index contributed by atoms with van der Waals surface area (Å²) >= 11 is 0. The van der Waals surface area contributed by atoms with E-state index in [1.54, 1.807) is 7.11 Å². The van der Waals surface area contributed by atoms with Crippen LogP contribution in [0.5, 0.6) is 5.75 Å². The van der Waals surface area contributed by atoms with Crippen molar-refractivity contribution in [2.45, 2.75) is 30.8 Å². The molecule has 4 nitrogen and oxygen atoms in total. The van der Waals surface area contributed by atoms with Gasteiger partial charge in [0.1, 0.15) is 11.5 Å². The Bertz CT molecular complexity index is 724. The summed E-state index contributed by atoms with van der Waals surface area (Å²) in [7, 11) is 1.74. The highest BCUT2D eigenvalue weighted by molar-refractivity contribution is 5.62.